The predicted molar refractivity (Wildman–Crippen MR) is 54.3 cm³/mol. The van der Waals surface area contributed by atoms with Crippen LogP contribution in [0.25, 0.3) is 0 Å². The molecule has 0 aromatic heterocycles. The molecule has 0 aliphatic carbocycles. The fourth-order valence-corrected chi connectivity index (χ4v) is 1.19. The van der Waals surface area contributed by atoms with Crippen LogP contribution in [0.1, 0.15) is 27.6 Å². The summed E-state index contributed by atoms with van der Waals surface area (Å²) in [5.41, 5.74) is 0.810. The summed E-state index contributed by atoms with van der Waals surface area (Å²) in [5.74, 6) is -0.221. The molecule has 1 aromatic rings. The fourth-order valence-electron chi connectivity index (χ4n) is 1.19. The van der Waals surface area contributed by atoms with E-state index in [1.165, 1.54) is 33.3 Å². The second kappa shape index (κ2) is 4.59. The van der Waals surface area contributed by atoms with Crippen LogP contribution in [0.2, 0.25) is 0 Å². The molecule has 0 saturated carbocycles. The van der Waals surface area contributed by atoms with E-state index in [0.717, 1.165) is 0 Å². The Bertz CT molecular complexity index is 396. The van der Waals surface area contributed by atoms with Gasteiger partial charge < -0.3 is 9.47 Å². The molecule has 4 nitrogen and oxygen atoms in total. The molecule has 0 fully saturated rings. The minimum absolute atomic E-state index is 0.0790. The van der Waals surface area contributed by atoms with Gasteiger partial charge in [0.25, 0.3) is 0 Å². The average Bonchev–Trinajstić information content (AvgIpc) is 2.27. The van der Waals surface area contributed by atoms with Crippen molar-refractivity contribution < 1.29 is 19.1 Å². The van der Waals surface area contributed by atoms with Crippen LogP contribution in [-0.2, 0) is 4.74 Å². The molecule has 0 unspecified atom stereocenters. The quantitative estimate of drug-likeness (QED) is 0.560. The summed E-state index contributed by atoms with van der Waals surface area (Å²) in [5, 5.41) is 0. The Morgan fingerprint density at radius 2 is 1.87 bits per heavy atom. The van der Waals surface area contributed by atoms with Crippen molar-refractivity contribution in [1.29, 1.82) is 0 Å². The summed E-state index contributed by atoms with van der Waals surface area (Å²) in [6.07, 6.45) is 0. The minimum atomic E-state index is -0.484. The Morgan fingerprint density at radius 1 is 1.20 bits per heavy atom. The molecule has 0 aliphatic heterocycles. The number of carbonyl (C=O) groups is 2. The summed E-state index contributed by atoms with van der Waals surface area (Å²) in [4.78, 5) is 22.4. The van der Waals surface area contributed by atoms with Gasteiger partial charge in [0.05, 0.1) is 14.2 Å². The number of methoxy groups -OCH3 is 2. The van der Waals surface area contributed by atoms with Gasteiger partial charge in [0, 0.05) is 5.56 Å². The number of esters is 1. The standard InChI is InChI=1S/C11H12O4/c1-7(12)8-4-5-9(11(13)15-3)10(6-8)14-2/h4-6H,1-3H3. The van der Waals surface area contributed by atoms with Gasteiger partial charge in [0.1, 0.15) is 11.3 Å². The zero-order chi connectivity index (χ0) is 11.4. The lowest BCUT2D eigenvalue weighted by Gasteiger charge is -2.07. The lowest BCUT2D eigenvalue weighted by Crippen LogP contribution is -2.05. The highest BCUT2D eigenvalue weighted by Gasteiger charge is 2.13. The van der Waals surface area contributed by atoms with Crippen molar-refractivity contribution >= 4 is 11.8 Å². The van der Waals surface area contributed by atoms with Crippen molar-refractivity contribution in [3.8, 4) is 5.75 Å². The lowest BCUT2D eigenvalue weighted by molar-refractivity contribution is 0.0596. The van der Waals surface area contributed by atoms with Crippen LogP contribution in [0, 0.1) is 0 Å². The third kappa shape index (κ3) is 2.34. The normalized spacial score (nSPS) is 9.53. The number of ketones is 1. The molecule has 0 N–H and O–H groups in total. The highest BCUT2D eigenvalue weighted by Crippen LogP contribution is 2.21. The van der Waals surface area contributed by atoms with Crippen LogP contribution in [0.3, 0.4) is 0 Å². The van der Waals surface area contributed by atoms with Crippen LogP contribution in [0.4, 0.5) is 0 Å². The van der Waals surface area contributed by atoms with Gasteiger partial charge in [-0.15, -0.1) is 0 Å². The maximum absolute atomic E-state index is 11.3. The van der Waals surface area contributed by atoms with E-state index in [9.17, 15) is 9.59 Å². The highest BCUT2D eigenvalue weighted by molar-refractivity contribution is 5.98. The van der Waals surface area contributed by atoms with Crippen LogP contribution >= 0.6 is 0 Å². The molecule has 0 atom stereocenters. The largest absolute Gasteiger partial charge is 0.496 e. The zero-order valence-corrected chi connectivity index (χ0v) is 8.87. The Morgan fingerprint density at radius 3 is 2.33 bits per heavy atom. The third-order valence-corrected chi connectivity index (χ3v) is 2.01. The summed E-state index contributed by atoms with van der Waals surface area (Å²) in [6, 6.07) is 4.60. The van der Waals surface area contributed by atoms with E-state index < -0.39 is 5.97 Å². The van der Waals surface area contributed by atoms with Crippen LogP contribution in [0.5, 0.6) is 5.75 Å². The molecule has 80 valence electrons. The number of ether oxygens (including phenoxy) is 2. The van der Waals surface area contributed by atoms with Crippen molar-refractivity contribution in [3.63, 3.8) is 0 Å². The Hall–Kier alpha value is -1.84. The molecule has 0 amide bonds. The molecule has 15 heavy (non-hydrogen) atoms. The number of rotatable bonds is 3. The monoisotopic (exact) mass is 208 g/mol. The van der Waals surface area contributed by atoms with Gasteiger partial charge in [0.15, 0.2) is 5.78 Å². The molecule has 4 heteroatoms. The van der Waals surface area contributed by atoms with Gasteiger partial charge in [-0.25, -0.2) is 4.79 Å². The van der Waals surface area contributed by atoms with E-state index in [0.29, 0.717) is 16.9 Å². The van der Waals surface area contributed by atoms with E-state index in [2.05, 4.69) is 4.74 Å². The average molecular weight is 208 g/mol. The molecule has 0 spiro atoms. The molecule has 1 aromatic carbocycles. The molecule has 1 rings (SSSR count). The molecule has 0 radical (unpaired) electrons. The van der Waals surface area contributed by atoms with Crippen molar-refractivity contribution in [2.24, 2.45) is 0 Å². The van der Waals surface area contributed by atoms with Crippen molar-refractivity contribution in [2.45, 2.75) is 6.92 Å². The van der Waals surface area contributed by atoms with E-state index in [-0.39, 0.29) is 5.78 Å². The van der Waals surface area contributed by atoms with Crippen molar-refractivity contribution in [1.82, 2.24) is 0 Å². The van der Waals surface area contributed by atoms with Gasteiger partial charge >= 0.3 is 5.97 Å². The zero-order valence-electron chi connectivity index (χ0n) is 8.87. The Kier molecular flexibility index (Phi) is 3.44. The predicted octanol–water partition coefficient (Wildman–Crippen LogP) is 1.68. The second-order valence-corrected chi connectivity index (χ2v) is 2.96. The smallest absolute Gasteiger partial charge is 0.341 e. The van der Waals surface area contributed by atoms with Crippen LogP contribution in [-0.4, -0.2) is 26.0 Å². The van der Waals surface area contributed by atoms with E-state index >= 15 is 0 Å². The summed E-state index contributed by atoms with van der Waals surface area (Å²) in [6.45, 7) is 1.45. The number of carbonyl (C=O) groups excluding carboxylic acids is 2. The molecule has 0 bridgehead atoms. The highest BCUT2D eigenvalue weighted by atomic mass is 16.5. The summed E-state index contributed by atoms with van der Waals surface area (Å²) >= 11 is 0. The van der Waals surface area contributed by atoms with Crippen LogP contribution < -0.4 is 4.74 Å². The van der Waals surface area contributed by atoms with E-state index in [1.807, 2.05) is 0 Å². The summed E-state index contributed by atoms with van der Waals surface area (Å²) < 4.78 is 9.58. The number of Topliss-reactive ketones (excluding diaryl/α,β-unsaturated/α-hetero) is 1. The number of hydrogen-bond acceptors (Lipinski definition) is 4. The second-order valence-electron chi connectivity index (χ2n) is 2.96. The van der Waals surface area contributed by atoms with Gasteiger partial charge in [-0.3, -0.25) is 4.79 Å². The lowest BCUT2D eigenvalue weighted by atomic mass is 10.1. The first-order valence-corrected chi connectivity index (χ1v) is 4.37. The first-order chi connectivity index (χ1) is 7.10. The SMILES string of the molecule is COC(=O)c1ccc(C(C)=O)cc1OC. The third-order valence-electron chi connectivity index (χ3n) is 2.01. The molecular weight excluding hydrogens is 196 g/mol. The first kappa shape index (κ1) is 11.2. The van der Waals surface area contributed by atoms with Crippen LogP contribution in [0.15, 0.2) is 18.2 Å². The molecular formula is C11H12O4. The van der Waals surface area contributed by atoms with Gasteiger partial charge in [-0.1, -0.05) is 6.07 Å². The summed E-state index contributed by atoms with van der Waals surface area (Å²) in [7, 11) is 2.73. The Labute approximate surface area is 87.8 Å². The van der Waals surface area contributed by atoms with E-state index in [4.69, 9.17) is 4.74 Å². The number of hydrogen-bond donors (Lipinski definition) is 0. The van der Waals surface area contributed by atoms with Crippen molar-refractivity contribution in [3.05, 3.63) is 29.3 Å². The molecule has 0 heterocycles. The Balaban J connectivity index is 3.20. The van der Waals surface area contributed by atoms with Gasteiger partial charge in [0.2, 0.25) is 0 Å². The first-order valence-electron chi connectivity index (χ1n) is 4.37. The van der Waals surface area contributed by atoms with Crippen molar-refractivity contribution in [2.75, 3.05) is 14.2 Å². The maximum atomic E-state index is 11.3. The molecule has 0 saturated heterocycles. The van der Waals surface area contributed by atoms with E-state index in [1.54, 1.807) is 6.07 Å². The molecule has 0 aliphatic rings. The van der Waals surface area contributed by atoms with Gasteiger partial charge in [-0.2, -0.15) is 0 Å². The maximum Gasteiger partial charge on any atom is 0.341 e. The minimum Gasteiger partial charge on any atom is -0.496 e. The fraction of sp³-hybridized carbons (Fsp3) is 0.273. The number of benzene rings is 1. The van der Waals surface area contributed by atoms with Gasteiger partial charge in [-0.05, 0) is 19.1 Å². The topological polar surface area (TPSA) is 52.6 Å².